The molecule has 0 bridgehead atoms. The van der Waals surface area contributed by atoms with Crippen LogP contribution in [0.4, 0.5) is 0 Å². The predicted molar refractivity (Wildman–Crippen MR) is 92.4 cm³/mol. The van der Waals surface area contributed by atoms with Gasteiger partial charge in [0.15, 0.2) is 0 Å². The van der Waals surface area contributed by atoms with Gasteiger partial charge >= 0.3 is 0 Å². The summed E-state index contributed by atoms with van der Waals surface area (Å²) in [6.07, 6.45) is 2.12. The molecule has 2 rings (SSSR count). The molecule has 0 fully saturated rings. The number of nitrogens with one attached hydrogen (secondary N) is 1. The second-order valence-corrected chi connectivity index (χ2v) is 5.99. The van der Waals surface area contributed by atoms with Crippen LogP contribution in [0.25, 0.3) is 0 Å². The van der Waals surface area contributed by atoms with Crippen molar-refractivity contribution in [3.8, 4) is 0 Å². The molecule has 1 unspecified atom stereocenters. The third kappa shape index (κ3) is 4.23. The van der Waals surface area contributed by atoms with Gasteiger partial charge in [0.05, 0.1) is 6.04 Å². The summed E-state index contributed by atoms with van der Waals surface area (Å²) in [6, 6.07) is 14.4. The highest BCUT2D eigenvalue weighted by molar-refractivity contribution is 6.33. The molecule has 1 nitrogen and oxygen atoms in total. The summed E-state index contributed by atoms with van der Waals surface area (Å²) >= 11 is 12.5. The summed E-state index contributed by atoms with van der Waals surface area (Å²) in [5.41, 5.74) is 3.58. The van der Waals surface area contributed by atoms with Gasteiger partial charge in [-0.25, -0.2) is 0 Å². The summed E-state index contributed by atoms with van der Waals surface area (Å²) in [5, 5.41) is 5.02. The van der Waals surface area contributed by atoms with Crippen molar-refractivity contribution < 1.29 is 0 Å². The highest BCUT2D eigenvalue weighted by atomic mass is 35.5. The molecule has 1 N–H and O–H groups in total. The van der Waals surface area contributed by atoms with Crippen LogP contribution < -0.4 is 5.32 Å². The first kappa shape index (κ1) is 16.4. The Hall–Kier alpha value is -1.02. The standard InChI is InChI=1S/C18H21Cl2N/c1-3-11-21-18(14-7-5-13(4-2)6-8-14)16-12-15(19)9-10-17(16)20/h5-10,12,18,21H,3-4,11H2,1-2H3. The smallest absolute Gasteiger partial charge is 0.0592 e. The van der Waals surface area contributed by atoms with Crippen LogP contribution in [-0.2, 0) is 6.42 Å². The first-order chi connectivity index (χ1) is 10.2. The number of aryl methyl sites for hydroxylation is 1. The van der Waals surface area contributed by atoms with Gasteiger partial charge in [0.25, 0.3) is 0 Å². The van der Waals surface area contributed by atoms with Crippen LogP contribution in [0.1, 0.15) is 43.0 Å². The Morgan fingerprint density at radius 1 is 1.00 bits per heavy atom. The maximum absolute atomic E-state index is 6.38. The maximum atomic E-state index is 6.38. The molecule has 2 aromatic carbocycles. The Bertz CT molecular complexity index is 578. The van der Waals surface area contributed by atoms with E-state index in [0.717, 1.165) is 30.0 Å². The lowest BCUT2D eigenvalue weighted by atomic mass is 9.97. The fourth-order valence-electron chi connectivity index (χ4n) is 2.38. The van der Waals surface area contributed by atoms with E-state index in [-0.39, 0.29) is 6.04 Å². The lowest BCUT2D eigenvalue weighted by Gasteiger charge is -2.21. The summed E-state index contributed by atoms with van der Waals surface area (Å²) in [5.74, 6) is 0. The predicted octanol–water partition coefficient (Wildman–Crippen LogP) is 5.64. The molecule has 0 aliphatic heterocycles. The van der Waals surface area contributed by atoms with Crippen LogP contribution in [-0.4, -0.2) is 6.54 Å². The van der Waals surface area contributed by atoms with Gasteiger partial charge in [-0.1, -0.05) is 61.3 Å². The lowest BCUT2D eigenvalue weighted by Crippen LogP contribution is -2.23. The lowest BCUT2D eigenvalue weighted by molar-refractivity contribution is 0.598. The van der Waals surface area contributed by atoms with Gasteiger partial charge in [0, 0.05) is 10.0 Å². The molecule has 0 amide bonds. The van der Waals surface area contributed by atoms with Crippen LogP contribution in [0.2, 0.25) is 10.0 Å². The fourth-order valence-corrected chi connectivity index (χ4v) is 2.78. The molecule has 3 heteroatoms. The average molecular weight is 322 g/mol. The third-order valence-corrected chi connectivity index (χ3v) is 4.17. The Morgan fingerprint density at radius 3 is 2.33 bits per heavy atom. The molecule has 0 aliphatic carbocycles. The Balaban J connectivity index is 2.38. The molecule has 0 heterocycles. The van der Waals surface area contributed by atoms with Crippen molar-refractivity contribution >= 4 is 23.2 Å². The number of halogens is 2. The number of benzene rings is 2. The van der Waals surface area contributed by atoms with Crippen molar-refractivity contribution in [1.82, 2.24) is 5.32 Å². The van der Waals surface area contributed by atoms with E-state index in [2.05, 4.69) is 43.4 Å². The molecule has 21 heavy (non-hydrogen) atoms. The van der Waals surface area contributed by atoms with Crippen LogP contribution >= 0.6 is 23.2 Å². The third-order valence-electron chi connectivity index (χ3n) is 3.59. The first-order valence-corrected chi connectivity index (χ1v) is 8.18. The van der Waals surface area contributed by atoms with Gasteiger partial charge in [0.1, 0.15) is 0 Å². The molecule has 0 saturated heterocycles. The molecular formula is C18H21Cl2N. The topological polar surface area (TPSA) is 12.0 Å². The van der Waals surface area contributed by atoms with E-state index in [1.54, 1.807) is 0 Å². The van der Waals surface area contributed by atoms with Crippen molar-refractivity contribution in [3.05, 3.63) is 69.2 Å². The van der Waals surface area contributed by atoms with Crippen LogP contribution in [0.5, 0.6) is 0 Å². The van der Waals surface area contributed by atoms with Crippen molar-refractivity contribution in [2.75, 3.05) is 6.54 Å². The van der Waals surface area contributed by atoms with Gasteiger partial charge in [0.2, 0.25) is 0 Å². The minimum absolute atomic E-state index is 0.0713. The second kappa shape index (κ2) is 7.84. The molecule has 0 saturated carbocycles. The van der Waals surface area contributed by atoms with Crippen molar-refractivity contribution in [2.24, 2.45) is 0 Å². The van der Waals surface area contributed by atoms with E-state index in [1.807, 2.05) is 18.2 Å². The normalized spacial score (nSPS) is 12.4. The van der Waals surface area contributed by atoms with E-state index < -0.39 is 0 Å². The Labute approximate surface area is 137 Å². The largest absolute Gasteiger partial charge is 0.306 e. The van der Waals surface area contributed by atoms with Gasteiger partial charge in [-0.2, -0.15) is 0 Å². The SMILES string of the molecule is CCCNC(c1ccc(CC)cc1)c1cc(Cl)ccc1Cl. The summed E-state index contributed by atoms with van der Waals surface area (Å²) < 4.78 is 0. The van der Waals surface area contributed by atoms with E-state index in [9.17, 15) is 0 Å². The van der Waals surface area contributed by atoms with E-state index in [4.69, 9.17) is 23.2 Å². The Kier molecular flexibility index (Phi) is 6.10. The summed E-state index contributed by atoms with van der Waals surface area (Å²) in [7, 11) is 0. The average Bonchev–Trinajstić information content (AvgIpc) is 2.51. The zero-order chi connectivity index (χ0) is 15.2. The van der Waals surface area contributed by atoms with E-state index in [0.29, 0.717) is 5.02 Å². The minimum Gasteiger partial charge on any atom is -0.306 e. The zero-order valence-corrected chi connectivity index (χ0v) is 14.0. The molecule has 1 atom stereocenters. The molecule has 0 radical (unpaired) electrons. The quantitative estimate of drug-likeness (QED) is 0.725. The highest BCUT2D eigenvalue weighted by Crippen LogP contribution is 2.31. The molecule has 112 valence electrons. The van der Waals surface area contributed by atoms with Gasteiger partial charge in [-0.05, 0) is 54.3 Å². The van der Waals surface area contributed by atoms with Crippen molar-refractivity contribution in [1.29, 1.82) is 0 Å². The highest BCUT2D eigenvalue weighted by Gasteiger charge is 2.16. The molecule has 0 spiro atoms. The Morgan fingerprint density at radius 2 is 1.71 bits per heavy atom. The number of rotatable bonds is 6. The van der Waals surface area contributed by atoms with E-state index >= 15 is 0 Å². The molecule has 2 aromatic rings. The monoisotopic (exact) mass is 321 g/mol. The summed E-state index contributed by atoms with van der Waals surface area (Å²) in [4.78, 5) is 0. The van der Waals surface area contributed by atoms with Gasteiger partial charge in [-0.3, -0.25) is 0 Å². The van der Waals surface area contributed by atoms with Crippen LogP contribution in [0.3, 0.4) is 0 Å². The summed E-state index contributed by atoms with van der Waals surface area (Å²) in [6.45, 7) is 5.25. The van der Waals surface area contributed by atoms with Gasteiger partial charge in [-0.15, -0.1) is 0 Å². The molecule has 0 aromatic heterocycles. The second-order valence-electron chi connectivity index (χ2n) is 5.15. The molecular weight excluding hydrogens is 301 g/mol. The minimum atomic E-state index is 0.0713. The zero-order valence-electron chi connectivity index (χ0n) is 12.5. The van der Waals surface area contributed by atoms with Crippen molar-refractivity contribution in [3.63, 3.8) is 0 Å². The van der Waals surface area contributed by atoms with Crippen LogP contribution in [0.15, 0.2) is 42.5 Å². The maximum Gasteiger partial charge on any atom is 0.0592 e. The van der Waals surface area contributed by atoms with Crippen molar-refractivity contribution in [2.45, 2.75) is 32.7 Å². The van der Waals surface area contributed by atoms with Crippen LogP contribution in [0, 0.1) is 0 Å². The number of hydrogen-bond donors (Lipinski definition) is 1. The number of hydrogen-bond acceptors (Lipinski definition) is 1. The van der Waals surface area contributed by atoms with Gasteiger partial charge < -0.3 is 5.32 Å². The van der Waals surface area contributed by atoms with E-state index in [1.165, 1.54) is 11.1 Å². The first-order valence-electron chi connectivity index (χ1n) is 7.42. The fraction of sp³-hybridized carbons (Fsp3) is 0.333. The molecule has 0 aliphatic rings.